The molecule has 1 rings (SSSR count). The number of hydrogen-bond donors (Lipinski definition) is 1. The van der Waals surface area contributed by atoms with Gasteiger partial charge in [0, 0.05) is 6.42 Å². The Balaban J connectivity index is 2.43. The zero-order chi connectivity index (χ0) is 12.0. The van der Waals surface area contributed by atoms with Gasteiger partial charge in [0.1, 0.15) is 0 Å². The molecule has 4 heteroatoms. The maximum atomic E-state index is 5.95. The van der Waals surface area contributed by atoms with Gasteiger partial charge in [-0.25, -0.2) is 0 Å². The van der Waals surface area contributed by atoms with E-state index < -0.39 is 0 Å². The molecule has 0 aromatic carbocycles. The van der Waals surface area contributed by atoms with Crippen LogP contribution in [0.2, 0.25) is 0 Å². The third-order valence-corrected chi connectivity index (χ3v) is 2.61. The molecule has 1 aromatic rings. The summed E-state index contributed by atoms with van der Waals surface area (Å²) in [5, 5.41) is 3.95. The third kappa shape index (κ3) is 4.31. The maximum absolute atomic E-state index is 5.95. The summed E-state index contributed by atoms with van der Waals surface area (Å²) >= 11 is 0. The average Bonchev–Trinajstić information content (AvgIpc) is 2.71. The summed E-state index contributed by atoms with van der Waals surface area (Å²) in [4.78, 5) is 4.33. The summed E-state index contributed by atoms with van der Waals surface area (Å²) in [6.45, 7) is 6.52. The number of hydrogen-bond acceptors (Lipinski definition) is 4. The van der Waals surface area contributed by atoms with Gasteiger partial charge in [0.25, 0.3) is 0 Å². The Bertz CT molecular complexity index is 296. The van der Waals surface area contributed by atoms with Gasteiger partial charge in [0.2, 0.25) is 5.89 Å². The molecule has 1 atom stereocenters. The molecule has 0 bridgehead atoms. The highest BCUT2D eigenvalue weighted by molar-refractivity contribution is 4.91. The van der Waals surface area contributed by atoms with Gasteiger partial charge in [-0.05, 0) is 18.8 Å². The molecule has 16 heavy (non-hydrogen) atoms. The van der Waals surface area contributed by atoms with Crippen LogP contribution in [0.3, 0.4) is 0 Å². The van der Waals surface area contributed by atoms with Crippen molar-refractivity contribution in [3.63, 3.8) is 0 Å². The predicted octanol–water partition coefficient (Wildman–Crippen LogP) is 2.85. The van der Waals surface area contributed by atoms with Crippen LogP contribution >= 0.6 is 0 Å². The molecule has 92 valence electrons. The molecular weight excluding hydrogens is 202 g/mol. The second-order valence-electron chi connectivity index (χ2n) is 4.73. The fourth-order valence-electron chi connectivity index (χ4n) is 1.48. The first-order chi connectivity index (χ1) is 7.63. The van der Waals surface area contributed by atoms with Crippen LogP contribution in [0, 0.1) is 5.92 Å². The van der Waals surface area contributed by atoms with Crippen molar-refractivity contribution >= 4 is 0 Å². The van der Waals surface area contributed by atoms with E-state index >= 15 is 0 Å². The molecular formula is C12H23N3O. The first kappa shape index (κ1) is 13.2. The molecule has 0 aliphatic rings. The number of rotatable bonds is 7. The molecule has 0 amide bonds. The zero-order valence-corrected chi connectivity index (χ0v) is 10.6. The van der Waals surface area contributed by atoms with Crippen LogP contribution in [0.4, 0.5) is 0 Å². The number of nitrogens with two attached hydrogens (primary N) is 1. The van der Waals surface area contributed by atoms with E-state index in [0.717, 1.165) is 37.9 Å². The van der Waals surface area contributed by atoms with Crippen molar-refractivity contribution in [1.29, 1.82) is 0 Å². The maximum Gasteiger partial charge on any atom is 0.243 e. The summed E-state index contributed by atoms with van der Waals surface area (Å²) in [5.74, 6) is 2.04. The Labute approximate surface area is 97.6 Å². The van der Waals surface area contributed by atoms with Gasteiger partial charge in [-0.1, -0.05) is 38.8 Å². The third-order valence-electron chi connectivity index (χ3n) is 2.61. The molecule has 1 aromatic heterocycles. The summed E-state index contributed by atoms with van der Waals surface area (Å²) in [7, 11) is 0. The largest absolute Gasteiger partial charge is 0.338 e. The second-order valence-corrected chi connectivity index (χ2v) is 4.73. The minimum atomic E-state index is -0.0970. The van der Waals surface area contributed by atoms with Crippen molar-refractivity contribution in [3.8, 4) is 0 Å². The van der Waals surface area contributed by atoms with Gasteiger partial charge >= 0.3 is 0 Å². The molecule has 0 saturated heterocycles. The van der Waals surface area contributed by atoms with E-state index in [0.29, 0.717) is 11.8 Å². The highest BCUT2D eigenvalue weighted by atomic mass is 16.5. The van der Waals surface area contributed by atoms with Crippen LogP contribution in [0.25, 0.3) is 0 Å². The summed E-state index contributed by atoms with van der Waals surface area (Å²) < 4.78 is 5.17. The minimum Gasteiger partial charge on any atom is -0.338 e. The van der Waals surface area contributed by atoms with Gasteiger partial charge < -0.3 is 10.3 Å². The van der Waals surface area contributed by atoms with Crippen molar-refractivity contribution in [2.75, 3.05) is 0 Å². The lowest BCUT2D eigenvalue weighted by Gasteiger charge is -2.03. The van der Waals surface area contributed by atoms with Crippen LogP contribution in [-0.2, 0) is 6.42 Å². The molecule has 4 nitrogen and oxygen atoms in total. The Morgan fingerprint density at radius 2 is 2.06 bits per heavy atom. The monoisotopic (exact) mass is 225 g/mol. The SMILES string of the molecule is CCCC[C@H](N)c1nc(CCC(C)C)no1. The first-order valence-corrected chi connectivity index (χ1v) is 6.21. The van der Waals surface area contributed by atoms with E-state index in [1.54, 1.807) is 0 Å². The van der Waals surface area contributed by atoms with Crippen molar-refractivity contribution in [3.05, 3.63) is 11.7 Å². The number of unbranched alkanes of at least 4 members (excludes halogenated alkanes) is 1. The van der Waals surface area contributed by atoms with Gasteiger partial charge in [-0.15, -0.1) is 0 Å². The van der Waals surface area contributed by atoms with E-state index in [9.17, 15) is 0 Å². The first-order valence-electron chi connectivity index (χ1n) is 6.21. The topological polar surface area (TPSA) is 64.9 Å². The van der Waals surface area contributed by atoms with Crippen LogP contribution in [0.15, 0.2) is 4.52 Å². The van der Waals surface area contributed by atoms with Crippen LogP contribution in [0.5, 0.6) is 0 Å². The standard InChI is InChI=1S/C12H23N3O/c1-4-5-6-10(13)12-14-11(15-16-12)8-7-9(2)3/h9-10H,4-8,13H2,1-3H3/t10-/m0/s1. The number of nitrogens with zero attached hydrogens (tertiary/aromatic N) is 2. The van der Waals surface area contributed by atoms with E-state index in [1.165, 1.54) is 0 Å². The number of aromatic nitrogens is 2. The molecule has 0 saturated carbocycles. The Morgan fingerprint density at radius 3 is 2.69 bits per heavy atom. The molecule has 0 aliphatic carbocycles. The lowest BCUT2D eigenvalue weighted by molar-refractivity contribution is 0.342. The van der Waals surface area contributed by atoms with Crippen molar-refractivity contribution < 1.29 is 4.52 Å². The summed E-state index contributed by atoms with van der Waals surface area (Å²) in [6.07, 6.45) is 5.13. The van der Waals surface area contributed by atoms with E-state index in [4.69, 9.17) is 10.3 Å². The van der Waals surface area contributed by atoms with E-state index in [-0.39, 0.29) is 6.04 Å². The summed E-state index contributed by atoms with van der Waals surface area (Å²) in [6, 6.07) is -0.0970. The Morgan fingerprint density at radius 1 is 1.31 bits per heavy atom. The lowest BCUT2D eigenvalue weighted by Crippen LogP contribution is -2.10. The number of aryl methyl sites for hydroxylation is 1. The summed E-state index contributed by atoms with van der Waals surface area (Å²) in [5.41, 5.74) is 5.95. The lowest BCUT2D eigenvalue weighted by atomic mass is 10.1. The molecule has 0 unspecified atom stereocenters. The quantitative estimate of drug-likeness (QED) is 0.775. The Kier molecular flexibility index (Phi) is 5.46. The molecule has 0 spiro atoms. The minimum absolute atomic E-state index is 0.0970. The van der Waals surface area contributed by atoms with E-state index in [2.05, 4.69) is 30.9 Å². The average molecular weight is 225 g/mol. The predicted molar refractivity (Wildman–Crippen MR) is 63.9 cm³/mol. The zero-order valence-electron chi connectivity index (χ0n) is 10.6. The van der Waals surface area contributed by atoms with Crippen LogP contribution in [0.1, 0.15) is 64.2 Å². The van der Waals surface area contributed by atoms with Crippen molar-refractivity contribution in [2.24, 2.45) is 11.7 Å². The van der Waals surface area contributed by atoms with Crippen LogP contribution < -0.4 is 5.73 Å². The molecule has 1 heterocycles. The normalized spacial score (nSPS) is 13.3. The Hall–Kier alpha value is -0.900. The molecule has 0 fully saturated rings. The van der Waals surface area contributed by atoms with Crippen LogP contribution in [-0.4, -0.2) is 10.1 Å². The highest BCUT2D eigenvalue weighted by Crippen LogP contribution is 2.15. The molecule has 0 radical (unpaired) electrons. The van der Waals surface area contributed by atoms with Gasteiger partial charge in [0.05, 0.1) is 6.04 Å². The van der Waals surface area contributed by atoms with Gasteiger partial charge in [-0.3, -0.25) is 0 Å². The molecule has 0 aliphatic heterocycles. The fraction of sp³-hybridized carbons (Fsp3) is 0.833. The molecule has 2 N–H and O–H groups in total. The fourth-order valence-corrected chi connectivity index (χ4v) is 1.48. The highest BCUT2D eigenvalue weighted by Gasteiger charge is 2.14. The smallest absolute Gasteiger partial charge is 0.243 e. The van der Waals surface area contributed by atoms with Gasteiger partial charge in [0.15, 0.2) is 5.82 Å². The second kappa shape index (κ2) is 6.63. The van der Waals surface area contributed by atoms with Crippen molar-refractivity contribution in [2.45, 2.75) is 58.9 Å². The van der Waals surface area contributed by atoms with Gasteiger partial charge in [-0.2, -0.15) is 4.98 Å². The van der Waals surface area contributed by atoms with Crippen molar-refractivity contribution in [1.82, 2.24) is 10.1 Å². The van der Waals surface area contributed by atoms with E-state index in [1.807, 2.05) is 0 Å².